The van der Waals surface area contributed by atoms with Crippen LogP contribution in [0.2, 0.25) is 0 Å². The van der Waals surface area contributed by atoms with Crippen molar-refractivity contribution in [1.82, 2.24) is 0 Å². The summed E-state index contributed by atoms with van der Waals surface area (Å²) >= 11 is 0. The number of rotatable bonds is 5. The molecule has 0 saturated heterocycles. The van der Waals surface area contributed by atoms with Crippen molar-refractivity contribution in [2.45, 2.75) is 19.3 Å². The molecule has 5 heteroatoms. The van der Waals surface area contributed by atoms with Crippen LogP contribution in [-0.4, -0.2) is 24.5 Å². The van der Waals surface area contributed by atoms with Gasteiger partial charge in [-0.25, -0.2) is 0 Å². The number of aromatic hydroxyl groups is 1. The van der Waals surface area contributed by atoms with Crippen LogP contribution in [0.4, 0.5) is 0 Å². The molecule has 26 heavy (non-hydrogen) atoms. The second-order valence-corrected chi connectivity index (χ2v) is 5.77. The summed E-state index contributed by atoms with van der Waals surface area (Å²) in [5, 5.41) is 9.40. The predicted molar refractivity (Wildman–Crippen MR) is 101 cm³/mol. The molecule has 2 aromatic carbocycles. The van der Waals surface area contributed by atoms with Gasteiger partial charge in [0.05, 0.1) is 12.4 Å². The molecular weight excluding hydrogens is 498 g/mol. The normalized spacial score (nSPS) is 12.3. The van der Waals surface area contributed by atoms with Crippen LogP contribution in [0.3, 0.4) is 0 Å². The zero-order valence-electron chi connectivity index (χ0n) is 14.7. The Bertz CT molecular complexity index is 744. The molecule has 0 heterocycles. The second kappa shape index (κ2) is 11.6. The van der Waals surface area contributed by atoms with Crippen LogP contribution in [0.5, 0.6) is 11.5 Å². The van der Waals surface area contributed by atoms with E-state index in [-0.39, 0.29) is 26.8 Å². The maximum atomic E-state index is 10.6. The summed E-state index contributed by atoms with van der Waals surface area (Å²) in [4.78, 5) is 10.6. The first-order valence-electron chi connectivity index (χ1n) is 8.37. The number of carbonyl (C=O) groups excluding carboxylic acids is 1. The van der Waals surface area contributed by atoms with Crippen molar-refractivity contribution in [3.05, 3.63) is 72.2 Å². The van der Waals surface area contributed by atoms with Gasteiger partial charge in [0.25, 0.3) is 0 Å². The van der Waals surface area contributed by atoms with E-state index >= 15 is 0 Å². The van der Waals surface area contributed by atoms with E-state index in [0.29, 0.717) is 24.5 Å². The molecule has 0 aromatic heterocycles. The number of hydrogen-bond acceptors (Lipinski definition) is 4. The third kappa shape index (κ3) is 6.36. The molecule has 0 saturated carbocycles. The molecule has 3 rings (SSSR count). The predicted octanol–water partition coefficient (Wildman–Crippen LogP) is 3.98. The van der Waals surface area contributed by atoms with Crippen molar-refractivity contribution < 1.29 is 35.7 Å². The number of carbonyl (C=O) groups is 1. The topological polar surface area (TPSA) is 72.5 Å². The van der Waals surface area contributed by atoms with E-state index in [2.05, 4.69) is 19.1 Å². The van der Waals surface area contributed by atoms with Crippen LogP contribution in [0, 0.1) is 6.92 Å². The van der Waals surface area contributed by atoms with Crippen molar-refractivity contribution in [2.75, 3.05) is 13.2 Å². The monoisotopic (exact) mass is 522 g/mol. The van der Waals surface area contributed by atoms with Gasteiger partial charge in [0.2, 0.25) is 0 Å². The molecule has 0 spiro atoms. The number of phenolic OH excluding ortho intramolecular Hbond substituents is 1. The van der Waals surface area contributed by atoms with E-state index in [1.165, 1.54) is 24.0 Å². The average molecular weight is 522 g/mol. The summed E-state index contributed by atoms with van der Waals surface area (Å²) in [6.07, 6.45) is 6.76. The van der Waals surface area contributed by atoms with Gasteiger partial charge >= 0.3 is 0 Å². The second-order valence-electron chi connectivity index (χ2n) is 5.77. The van der Waals surface area contributed by atoms with Crippen molar-refractivity contribution in [1.29, 1.82) is 0 Å². The summed E-state index contributed by atoms with van der Waals surface area (Å²) in [6, 6.07) is 13.0. The molecule has 138 valence electrons. The molecule has 2 aromatic rings. The number of ether oxygens (including phenoxy) is 1. The molecule has 0 radical (unpaired) electrons. The smallest absolute Gasteiger partial charge is 0.150 e. The molecule has 0 aliphatic heterocycles. The quantitative estimate of drug-likeness (QED) is 0.461. The van der Waals surface area contributed by atoms with Gasteiger partial charge in [0.15, 0.2) is 0 Å². The molecule has 0 fully saturated rings. The summed E-state index contributed by atoms with van der Waals surface area (Å²) < 4.78 is 5.15. The van der Waals surface area contributed by atoms with Crippen LogP contribution in [-0.2, 0) is 21.1 Å². The Labute approximate surface area is 169 Å². The Hall–Kier alpha value is -2.03. The number of para-hydroxylation sites is 1. The SMILES string of the molecule is O=Cc1cccc(C2=CCCC2)c1.[CH2-]c1cccc(OCCN)c1O.[W]. The molecule has 0 unspecified atom stereocenters. The van der Waals surface area contributed by atoms with Crippen molar-refractivity contribution >= 4 is 11.9 Å². The molecule has 4 nitrogen and oxygen atoms in total. The number of nitrogens with two attached hydrogens (primary N) is 1. The first-order chi connectivity index (χ1) is 12.2. The van der Waals surface area contributed by atoms with E-state index in [1.54, 1.807) is 18.2 Å². The van der Waals surface area contributed by atoms with Gasteiger partial charge in [-0.05, 0) is 42.5 Å². The Kier molecular flexibility index (Phi) is 9.78. The number of aldehydes is 1. The van der Waals surface area contributed by atoms with E-state index in [9.17, 15) is 9.90 Å². The van der Waals surface area contributed by atoms with Crippen LogP contribution in [0.15, 0.2) is 48.5 Å². The van der Waals surface area contributed by atoms with Gasteiger partial charge in [-0.1, -0.05) is 24.3 Å². The van der Waals surface area contributed by atoms with Crippen molar-refractivity contribution in [3.8, 4) is 11.5 Å². The fourth-order valence-corrected chi connectivity index (χ4v) is 2.60. The third-order valence-corrected chi connectivity index (χ3v) is 3.89. The maximum Gasteiger partial charge on any atom is 0.150 e. The summed E-state index contributed by atoms with van der Waals surface area (Å²) in [6.45, 7) is 4.46. The number of phenols is 1. The Morgan fingerprint density at radius 2 is 2.00 bits per heavy atom. The molecule has 1 aliphatic carbocycles. The minimum atomic E-state index is 0. The standard InChI is InChI=1S/C12H12O.C9H12NO2.W/c13-9-10-4-3-7-12(8-10)11-5-1-2-6-11;1-7-3-2-4-8(9(7)11)12-6-5-10;/h3-5,7-9H,1-2,6H2;2-4,11H,1,5-6,10H2;/q;-1;. The molecule has 0 amide bonds. The minimum Gasteiger partial charge on any atom is -0.561 e. The average Bonchev–Trinajstić information content (AvgIpc) is 3.18. The number of allylic oxidation sites excluding steroid dienone is 2. The third-order valence-electron chi connectivity index (χ3n) is 3.89. The molecule has 1 aliphatic rings. The first kappa shape index (κ1) is 22.0. The fraction of sp³-hybridized carbons (Fsp3) is 0.238. The summed E-state index contributed by atoms with van der Waals surface area (Å²) in [7, 11) is 0. The van der Waals surface area contributed by atoms with E-state index in [0.717, 1.165) is 18.3 Å². The number of hydrogen-bond donors (Lipinski definition) is 2. The zero-order valence-corrected chi connectivity index (χ0v) is 17.6. The van der Waals surface area contributed by atoms with E-state index in [4.69, 9.17) is 10.5 Å². The van der Waals surface area contributed by atoms with E-state index < -0.39 is 0 Å². The Morgan fingerprint density at radius 3 is 2.65 bits per heavy atom. The van der Waals surface area contributed by atoms with Crippen LogP contribution >= 0.6 is 0 Å². The summed E-state index contributed by atoms with van der Waals surface area (Å²) in [5.41, 5.74) is 9.17. The van der Waals surface area contributed by atoms with Crippen LogP contribution in [0.25, 0.3) is 5.57 Å². The summed E-state index contributed by atoms with van der Waals surface area (Å²) in [5.74, 6) is 0.527. The molecule has 0 bridgehead atoms. The van der Waals surface area contributed by atoms with Gasteiger partial charge in [0, 0.05) is 33.2 Å². The molecular formula is C21H24NO3W-. The molecule has 0 atom stereocenters. The molecule has 3 N–H and O–H groups in total. The largest absolute Gasteiger partial charge is 0.561 e. The first-order valence-corrected chi connectivity index (χ1v) is 8.37. The van der Waals surface area contributed by atoms with Gasteiger partial charge in [-0.15, -0.1) is 6.07 Å². The van der Waals surface area contributed by atoms with Crippen molar-refractivity contribution in [2.24, 2.45) is 5.73 Å². The van der Waals surface area contributed by atoms with Gasteiger partial charge < -0.3 is 15.6 Å². The van der Waals surface area contributed by atoms with Crippen LogP contribution in [0.1, 0.15) is 40.7 Å². The maximum absolute atomic E-state index is 10.6. The van der Waals surface area contributed by atoms with E-state index in [1.807, 2.05) is 18.2 Å². The van der Waals surface area contributed by atoms with Crippen LogP contribution < -0.4 is 10.5 Å². The Balaban J connectivity index is 0.000000251. The zero-order chi connectivity index (χ0) is 18.1. The fourth-order valence-electron chi connectivity index (χ4n) is 2.60. The van der Waals surface area contributed by atoms with Crippen molar-refractivity contribution in [3.63, 3.8) is 0 Å². The van der Waals surface area contributed by atoms with Gasteiger partial charge in [-0.3, -0.25) is 4.79 Å². The minimum absolute atomic E-state index is 0. The number of benzene rings is 2. The van der Waals surface area contributed by atoms with Gasteiger partial charge in [0.1, 0.15) is 12.0 Å². The Morgan fingerprint density at radius 1 is 1.23 bits per heavy atom. The van der Waals surface area contributed by atoms with Gasteiger partial charge in [-0.2, -0.15) is 18.6 Å².